The van der Waals surface area contributed by atoms with E-state index in [0.717, 1.165) is 64.2 Å². The number of nitrogens with one attached hydrogen (secondary N) is 1. The molecular formula is C41H49N3O6S. The summed E-state index contributed by atoms with van der Waals surface area (Å²) in [5, 5.41) is 3.26. The van der Waals surface area contributed by atoms with Gasteiger partial charge in [0.15, 0.2) is 11.5 Å². The molecule has 1 fully saturated rings. The van der Waals surface area contributed by atoms with Gasteiger partial charge in [0.25, 0.3) is 10.0 Å². The van der Waals surface area contributed by atoms with E-state index in [2.05, 4.69) is 5.32 Å². The molecule has 1 aliphatic rings. The monoisotopic (exact) mass is 711 g/mol. The van der Waals surface area contributed by atoms with E-state index in [1.54, 1.807) is 17.0 Å². The van der Waals surface area contributed by atoms with Crippen LogP contribution in [-0.4, -0.2) is 58.0 Å². The standard InChI is InChI=1S/C41H49N3O6S/c1-29-22-30(2)24-35(23-29)44(51(47,48)36-20-21-38(49-4)39(26-36)50-5)28-40(45)43(27-33-17-13-12-14-31(33)3)37(25-32-15-8-6-9-16-32)41(46)42-34-18-10-7-11-19-34/h6,8-9,12-17,20-24,26,34,37H,7,10-11,18-19,25,27-28H2,1-5H3,(H,42,46)/t37-/m1/s1. The number of carbonyl (C=O) groups excluding carboxylic acids is 2. The van der Waals surface area contributed by atoms with E-state index in [0.29, 0.717) is 11.4 Å². The Kier molecular flexibility index (Phi) is 12.4. The lowest BCUT2D eigenvalue weighted by atomic mass is 9.94. The van der Waals surface area contributed by atoms with Gasteiger partial charge in [-0.15, -0.1) is 0 Å². The molecular weight excluding hydrogens is 663 g/mol. The van der Waals surface area contributed by atoms with Crippen LogP contribution in [0, 0.1) is 20.8 Å². The van der Waals surface area contributed by atoms with Crippen molar-refractivity contribution in [3.8, 4) is 11.5 Å². The average molecular weight is 712 g/mol. The van der Waals surface area contributed by atoms with Gasteiger partial charge in [0.1, 0.15) is 12.6 Å². The van der Waals surface area contributed by atoms with Crippen LogP contribution in [0.1, 0.15) is 59.9 Å². The molecule has 5 rings (SSSR count). The normalized spacial score (nSPS) is 14.0. The highest BCUT2D eigenvalue weighted by Gasteiger charge is 2.36. The maximum atomic E-state index is 14.9. The molecule has 270 valence electrons. The molecule has 0 saturated heterocycles. The minimum absolute atomic E-state index is 0.0251. The first kappa shape index (κ1) is 37.4. The van der Waals surface area contributed by atoms with Gasteiger partial charge in [0.05, 0.1) is 24.8 Å². The lowest BCUT2D eigenvalue weighted by Gasteiger charge is -2.35. The fourth-order valence-electron chi connectivity index (χ4n) is 6.80. The Morgan fingerprint density at radius 3 is 2.10 bits per heavy atom. The molecule has 1 saturated carbocycles. The SMILES string of the molecule is COc1ccc(S(=O)(=O)N(CC(=O)N(Cc2ccccc2C)[C@H](Cc2ccccc2)C(=O)NC2CCCCC2)c2cc(C)cc(C)c2)cc1OC. The molecule has 4 aromatic rings. The van der Waals surface area contributed by atoms with Crippen LogP contribution in [0.3, 0.4) is 0 Å². The summed E-state index contributed by atoms with van der Waals surface area (Å²) in [6.07, 6.45) is 5.26. The van der Waals surface area contributed by atoms with Crippen molar-refractivity contribution in [2.45, 2.75) is 82.8 Å². The van der Waals surface area contributed by atoms with Crippen molar-refractivity contribution in [2.75, 3.05) is 25.1 Å². The zero-order chi connectivity index (χ0) is 36.5. The topological polar surface area (TPSA) is 105 Å². The molecule has 1 atom stereocenters. The highest BCUT2D eigenvalue weighted by Crippen LogP contribution is 2.33. The molecule has 0 heterocycles. The van der Waals surface area contributed by atoms with Crippen LogP contribution in [-0.2, 0) is 32.6 Å². The van der Waals surface area contributed by atoms with Gasteiger partial charge in [-0.25, -0.2) is 8.42 Å². The van der Waals surface area contributed by atoms with Gasteiger partial charge in [0.2, 0.25) is 11.8 Å². The molecule has 51 heavy (non-hydrogen) atoms. The number of ether oxygens (including phenoxy) is 2. The Morgan fingerprint density at radius 1 is 0.804 bits per heavy atom. The third-order valence-corrected chi connectivity index (χ3v) is 11.3. The maximum absolute atomic E-state index is 14.9. The minimum atomic E-state index is -4.33. The Hall–Kier alpha value is -4.83. The van der Waals surface area contributed by atoms with Gasteiger partial charge < -0.3 is 19.7 Å². The van der Waals surface area contributed by atoms with Gasteiger partial charge in [-0.05, 0) is 85.7 Å². The number of sulfonamides is 1. The lowest BCUT2D eigenvalue weighted by Crippen LogP contribution is -2.55. The van der Waals surface area contributed by atoms with Gasteiger partial charge in [-0.3, -0.25) is 13.9 Å². The van der Waals surface area contributed by atoms with Gasteiger partial charge in [-0.1, -0.05) is 79.9 Å². The summed E-state index contributed by atoms with van der Waals surface area (Å²) in [6.45, 7) is 5.33. The Morgan fingerprint density at radius 2 is 1.45 bits per heavy atom. The van der Waals surface area contributed by atoms with E-state index in [9.17, 15) is 18.0 Å². The second kappa shape index (κ2) is 16.9. The predicted molar refractivity (Wildman–Crippen MR) is 201 cm³/mol. The molecule has 0 radical (unpaired) electrons. The van der Waals surface area contributed by atoms with Gasteiger partial charge >= 0.3 is 0 Å². The molecule has 2 amide bonds. The highest BCUT2D eigenvalue weighted by molar-refractivity contribution is 7.92. The number of aryl methyl sites for hydroxylation is 3. The van der Waals surface area contributed by atoms with Crippen LogP contribution in [0.4, 0.5) is 5.69 Å². The van der Waals surface area contributed by atoms with Crippen LogP contribution >= 0.6 is 0 Å². The van der Waals surface area contributed by atoms with Gasteiger partial charge in [-0.2, -0.15) is 0 Å². The number of hydrogen-bond donors (Lipinski definition) is 1. The Balaban J connectivity index is 1.61. The largest absolute Gasteiger partial charge is 0.493 e. The van der Waals surface area contributed by atoms with Crippen LogP contribution in [0.5, 0.6) is 11.5 Å². The number of amides is 2. The maximum Gasteiger partial charge on any atom is 0.264 e. The van der Waals surface area contributed by atoms with Crippen molar-refractivity contribution in [1.29, 1.82) is 0 Å². The fraction of sp³-hybridized carbons (Fsp3) is 0.366. The van der Waals surface area contributed by atoms with E-state index in [1.807, 2.05) is 81.4 Å². The molecule has 0 bridgehead atoms. The van der Waals surface area contributed by atoms with Crippen molar-refractivity contribution >= 4 is 27.5 Å². The summed E-state index contributed by atoms with van der Waals surface area (Å²) in [5.41, 5.74) is 4.76. The number of benzene rings is 4. The summed E-state index contributed by atoms with van der Waals surface area (Å²) in [4.78, 5) is 30.8. The number of anilines is 1. The van der Waals surface area contributed by atoms with E-state index in [-0.39, 0.29) is 35.6 Å². The molecule has 9 nitrogen and oxygen atoms in total. The molecule has 10 heteroatoms. The van der Waals surface area contributed by atoms with E-state index >= 15 is 0 Å². The summed E-state index contributed by atoms with van der Waals surface area (Å²) in [7, 11) is -1.42. The van der Waals surface area contributed by atoms with Crippen molar-refractivity contribution < 1.29 is 27.5 Å². The van der Waals surface area contributed by atoms with Crippen LogP contribution < -0.4 is 19.1 Å². The molecule has 0 unspecified atom stereocenters. The summed E-state index contributed by atoms with van der Waals surface area (Å²) >= 11 is 0. The molecule has 1 N–H and O–H groups in total. The third-order valence-electron chi connectivity index (χ3n) is 9.54. The number of rotatable bonds is 14. The molecule has 1 aliphatic carbocycles. The number of carbonyl (C=O) groups is 2. The first-order valence-corrected chi connectivity index (χ1v) is 19.0. The number of nitrogens with zero attached hydrogens (tertiary/aromatic N) is 2. The highest BCUT2D eigenvalue weighted by atomic mass is 32.2. The lowest BCUT2D eigenvalue weighted by molar-refractivity contribution is -0.140. The van der Waals surface area contributed by atoms with Crippen LogP contribution in [0.2, 0.25) is 0 Å². The van der Waals surface area contributed by atoms with Gasteiger partial charge in [0, 0.05) is 25.1 Å². The number of methoxy groups -OCH3 is 2. The van der Waals surface area contributed by atoms with E-state index in [1.165, 1.54) is 32.4 Å². The quantitative estimate of drug-likeness (QED) is 0.152. The van der Waals surface area contributed by atoms with Crippen molar-refractivity contribution in [3.63, 3.8) is 0 Å². The molecule has 4 aromatic carbocycles. The molecule has 0 aliphatic heterocycles. The number of hydrogen-bond acceptors (Lipinski definition) is 6. The summed E-state index contributed by atoms with van der Waals surface area (Å²) in [6, 6.07) is 26.3. The zero-order valence-corrected chi connectivity index (χ0v) is 31.0. The minimum Gasteiger partial charge on any atom is -0.493 e. The molecule has 0 spiro atoms. The Labute approximate surface area is 302 Å². The fourth-order valence-corrected chi connectivity index (χ4v) is 8.21. The van der Waals surface area contributed by atoms with Crippen LogP contribution in [0.25, 0.3) is 0 Å². The second-order valence-electron chi connectivity index (χ2n) is 13.4. The first-order chi connectivity index (χ1) is 24.5. The van der Waals surface area contributed by atoms with E-state index in [4.69, 9.17) is 9.47 Å². The third kappa shape index (κ3) is 9.29. The van der Waals surface area contributed by atoms with Crippen LogP contribution in [0.15, 0.2) is 95.9 Å². The van der Waals surface area contributed by atoms with Crippen molar-refractivity contribution in [2.24, 2.45) is 0 Å². The predicted octanol–water partition coefficient (Wildman–Crippen LogP) is 6.91. The summed E-state index contributed by atoms with van der Waals surface area (Å²) in [5.74, 6) is -0.119. The first-order valence-electron chi connectivity index (χ1n) is 17.5. The van der Waals surface area contributed by atoms with Crippen molar-refractivity contribution in [1.82, 2.24) is 10.2 Å². The zero-order valence-electron chi connectivity index (χ0n) is 30.2. The smallest absolute Gasteiger partial charge is 0.264 e. The molecule has 0 aromatic heterocycles. The average Bonchev–Trinajstić information content (AvgIpc) is 3.12. The second-order valence-corrected chi connectivity index (χ2v) is 15.2. The van der Waals surface area contributed by atoms with Crippen molar-refractivity contribution in [3.05, 3.63) is 119 Å². The Bertz CT molecular complexity index is 1900. The summed E-state index contributed by atoms with van der Waals surface area (Å²) < 4.78 is 41.2. The van der Waals surface area contributed by atoms with E-state index < -0.39 is 28.5 Å².